The highest BCUT2D eigenvalue weighted by Crippen LogP contribution is 2.25. The molecule has 1 aliphatic rings. The van der Waals surface area contributed by atoms with Crippen molar-refractivity contribution >= 4 is 12.1 Å². The van der Waals surface area contributed by atoms with Gasteiger partial charge in [-0.15, -0.1) is 0 Å². The molecule has 7 heteroatoms. The number of para-hydroxylation sites is 1. The van der Waals surface area contributed by atoms with Crippen LogP contribution in [0, 0.1) is 5.92 Å². The highest BCUT2D eigenvalue weighted by atomic mass is 16.6. The molecule has 3 rings (SSSR count). The van der Waals surface area contributed by atoms with Crippen LogP contribution in [0.2, 0.25) is 0 Å². The summed E-state index contributed by atoms with van der Waals surface area (Å²) in [6.07, 6.45) is -0.898. The summed E-state index contributed by atoms with van der Waals surface area (Å²) in [7, 11) is 0. The highest BCUT2D eigenvalue weighted by molar-refractivity contribution is 5.81. The van der Waals surface area contributed by atoms with E-state index in [-0.39, 0.29) is 25.2 Å². The molecule has 2 aromatic carbocycles. The fourth-order valence-corrected chi connectivity index (χ4v) is 3.68. The van der Waals surface area contributed by atoms with Gasteiger partial charge in [-0.05, 0) is 51.8 Å². The first-order valence-corrected chi connectivity index (χ1v) is 11.2. The number of hydrogen-bond acceptors (Lipinski definition) is 6. The van der Waals surface area contributed by atoms with Gasteiger partial charge in [0, 0.05) is 5.92 Å². The van der Waals surface area contributed by atoms with E-state index in [1.165, 1.54) is 0 Å². The van der Waals surface area contributed by atoms with Crippen LogP contribution in [-0.2, 0) is 25.4 Å². The van der Waals surface area contributed by atoms with Crippen LogP contribution in [0.4, 0.5) is 4.79 Å². The molecule has 7 nitrogen and oxygen atoms in total. The first-order valence-electron chi connectivity index (χ1n) is 11.2. The third-order valence-electron chi connectivity index (χ3n) is 5.27. The number of alkyl carbamates (subject to hydrolysis) is 1. The number of nitrogens with one attached hydrogen (secondary N) is 1. The summed E-state index contributed by atoms with van der Waals surface area (Å²) >= 11 is 0. The van der Waals surface area contributed by atoms with Crippen molar-refractivity contribution in [1.29, 1.82) is 0 Å². The van der Waals surface area contributed by atoms with Crippen LogP contribution < -0.4 is 10.1 Å². The average Bonchev–Trinajstić information content (AvgIpc) is 2.80. The summed E-state index contributed by atoms with van der Waals surface area (Å²) in [6, 6.07) is 18.5. The first-order chi connectivity index (χ1) is 15.7. The second-order valence-electron chi connectivity index (χ2n) is 9.20. The maximum atomic E-state index is 12.9. The van der Waals surface area contributed by atoms with Gasteiger partial charge in [-0.2, -0.15) is 0 Å². The molecule has 0 radical (unpaired) electrons. The second-order valence-corrected chi connectivity index (χ2v) is 9.20. The van der Waals surface area contributed by atoms with Crippen LogP contribution in [0.15, 0.2) is 60.7 Å². The quantitative estimate of drug-likeness (QED) is 0.682. The van der Waals surface area contributed by atoms with Gasteiger partial charge in [0.25, 0.3) is 0 Å². The number of carbonyl (C=O) groups excluding carboxylic acids is 2. The van der Waals surface area contributed by atoms with Crippen molar-refractivity contribution in [2.24, 2.45) is 5.92 Å². The lowest BCUT2D eigenvalue weighted by Gasteiger charge is -2.31. The molecule has 2 aromatic rings. The Kier molecular flexibility index (Phi) is 8.33. The van der Waals surface area contributed by atoms with Crippen LogP contribution in [0.5, 0.6) is 5.75 Å². The van der Waals surface area contributed by atoms with E-state index in [0.29, 0.717) is 12.2 Å². The fourth-order valence-electron chi connectivity index (χ4n) is 3.68. The third kappa shape index (κ3) is 7.79. The minimum atomic E-state index is -0.977. The molecule has 33 heavy (non-hydrogen) atoms. The molecule has 0 saturated carbocycles. The van der Waals surface area contributed by atoms with Gasteiger partial charge in [0.15, 0.2) is 6.04 Å². The minimum absolute atomic E-state index is 0.0441. The van der Waals surface area contributed by atoms with Crippen LogP contribution in [-0.4, -0.2) is 49.1 Å². The number of cyclic esters (lactones) is 1. The number of hydrogen-bond donors (Lipinski definition) is 1. The number of carbonyl (C=O) groups is 2. The molecule has 1 heterocycles. The highest BCUT2D eigenvalue weighted by Gasteiger charge is 2.36. The van der Waals surface area contributed by atoms with Gasteiger partial charge in [-0.25, -0.2) is 9.59 Å². The Morgan fingerprint density at radius 1 is 1.03 bits per heavy atom. The Morgan fingerprint density at radius 2 is 1.67 bits per heavy atom. The Morgan fingerprint density at radius 3 is 2.30 bits per heavy atom. The normalized spacial score (nSPS) is 23.9. The van der Waals surface area contributed by atoms with Crippen molar-refractivity contribution in [3.63, 3.8) is 0 Å². The Balaban J connectivity index is 1.79. The zero-order valence-electron chi connectivity index (χ0n) is 19.7. The van der Waals surface area contributed by atoms with Crippen LogP contribution in [0.25, 0.3) is 0 Å². The maximum absolute atomic E-state index is 12.9. The molecule has 1 amide bonds. The van der Waals surface area contributed by atoms with E-state index >= 15 is 0 Å². The molecule has 0 aromatic heterocycles. The van der Waals surface area contributed by atoms with E-state index < -0.39 is 29.8 Å². The average molecular weight is 456 g/mol. The predicted octanol–water partition coefficient (Wildman–Crippen LogP) is 4.15. The van der Waals surface area contributed by atoms with E-state index in [1.807, 2.05) is 67.6 Å². The smallest absolute Gasteiger partial charge is 0.408 e. The zero-order chi connectivity index (χ0) is 23.8. The Bertz CT molecular complexity index is 896. The topological polar surface area (TPSA) is 83.1 Å². The largest absolute Gasteiger partial charge is 0.488 e. The first kappa shape index (κ1) is 24.6. The predicted molar refractivity (Wildman–Crippen MR) is 124 cm³/mol. The molecule has 0 spiro atoms. The lowest BCUT2D eigenvalue weighted by Crippen LogP contribution is -2.47. The zero-order valence-corrected chi connectivity index (χ0v) is 19.7. The van der Waals surface area contributed by atoms with Crippen molar-refractivity contribution in [3.05, 3.63) is 66.2 Å². The van der Waals surface area contributed by atoms with E-state index in [1.54, 1.807) is 20.8 Å². The summed E-state index contributed by atoms with van der Waals surface area (Å²) in [5, 5.41) is 2.57. The van der Waals surface area contributed by atoms with Gasteiger partial charge in [0.1, 0.15) is 23.6 Å². The minimum Gasteiger partial charge on any atom is -0.488 e. The van der Waals surface area contributed by atoms with Gasteiger partial charge in [-0.1, -0.05) is 48.5 Å². The Hall–Kier alpha value is -3.06. The fraction of sp³-hybridized carbons (Fsp3) is 0.462. The van der Waals surface area contributed by atoms with Gasteiger partial charge < -0.3 is 24.3 Å². The summed E-state index contributed by atoms with van der Waals surface area (Å²) in [6.45, 7) is 7.31. The third-order valence-corrected chi connectivity index (χ3v) is 5.27. The molecular weight excluding hydrogens is 422 g/mol. The number of amides is 1. The molecule has 4 atom stereocenters. The maximum Gasteiger partial charge on any atom is 0.408 e. The molecule has 178 valence electrons. The monoisotopic (exact) mass is 455 g/mol. The molecule has 1 saturated heterocycles. The molecule has 1 N–H and O–H groups in total. The van der Waals surface area contributed by atoms with E-state index in [9.17, 15) is 9.59 Å². The second kappa shape index (κ2) is 11.2. The van der Waals surface area contributed by atoms with Crippen molar-refractivity contribution < 1.29 is 28.5 Å². The molecule has 0 unspecified atom stereocenters. The van der Waals surface area contributed by atoms with Gasteiger partial charge >= 0.3 is 12.1 Å². The van der Waals surface area contributed by atoms with E-state index in [0.717, 1.165) is 5.56 Å². The molecule has 1 fully saturated rings. The van der Waals surface area contributed by atoms with E-state index in [2.05, 4.69) is 5.32 Å². The number of esters is 1. The van der Waals surface area contributed by atoms with Crippen molar-refractivity contribution in [2.75, 3.05) is 13.2 Å². The Labute approximate surface area is 195 Å². The van der Waals surface area contributed by atoms with Crippen molar-refractivity contribution in [2.45, 2.75) is 58.0 Å². The molecular formula is C26H33NO6. The van der Waals surface area contributed by atoms with Crippen LogP contribution in [0.3, 0.4) is 0 Å². The summed E-state index contributed by atoms with van der Waals surface area (Å²) in [4.78, 5) is 25.1. The van der Waals surface area contributed by atoms with Gasteiger partial charge in [0.05, 0.1) is 13.2 Å². The summed E-state index contributed by atoms with van der Waals surface area (Å²) < 4.78 is 23.2. The molecule has 0 aliphatic carbocycles. The lowest BCUT2D eigenvalue weighted by atomic mass is 9.89. The summed E-state index contributed by atoms with van der Waals surface area (Å²) in [5.41, 5.74) is 0.422. The lowest BCUT2D eigenvalue weighted by molar-refractivity contribution is -0.154. The summed E-state index contributed by atoms with van der Waals surface area (Å²) in [5.74, 6) is -0.0195. The number of benzene rings is 2. The van der Waals surface area contributed by atoms with Crippen molar-refractivity contribution in [3.8, 4) is 5.75 Å². The molecule has 1 aliphatic heterocycles. The van der Waals surface area contributed by atoms with Gasteiger partial charge in [0.2, 0.25) is 0 Å². The van der Waals surface area contributed by atoms with E-state index in [4.69, 9.17) is 18.9 Å². The standard InChI is InChI=1S/C26H33NO6/c1-18-21(15-19-11-7-5-8-12-19)23(32-20-13-9-6-10-14-20)17-30-16-22(24(28)31-18)27-25(29)33-26(2,3)4/h5-14,18,21-23H,15-17H2,1-4H3,(H,27,29)/t18-,21-,22-,23-/m0/s1. The van der Waals surface area contributed by atoms with Crippen molar-refractivity contribution in [1.82, 2.24) is 5.32 Å². The number of ether oxygens (including phenoxy) is 4. The van der Waals surface area contributed by atoms with Gasteiger partial charge in [-0.3, -0.25) is 0 Å². The SMILES string of the molecule is C[C@@H]1OC(=O)[C@@H](NC(=O)OC(C)(C)C)COC[C@H](Oc2ccccc2)[C@H]1Cc1ccccc1. The molecule has 0 bridgehead atoms. The van der Waals surface area contributed by atoms with Crippen LogP contribution >= 0.6 is 0 Å². The van der Waals surface area contributed by atoms with Crippen LogP contribution in [0.1, 0.15) is 33.3 Å². The number of rotatable bonds is 5.